The highest BCUT2D eigenvalue weighted by Gasteiger charge is 2.23. The van der Waals surface area contributed by atoms with Crippen LogP contribution in [0.4, 0.5) is 5.69 Å². The van der Waals surface area contributed by atoms with Crippen LogP contribution in [0.5, 0.6) is 0 Å². The molecule has 0 bridgehead atoms. The number of ketones is 1. The Morgan fingerprint density at radius 3 is 2.74 bits per heavy atom. The highest BCUT2D eigenvalue weighted by molar-refractivity contribution is 5.90. The van der Waals surface area contributed by atoms with E-state index in [9.17, 15) is 4.79 Å². The molecule has 1 aromatic heterocycles. The molecule has 2 aromatic rings. The number of carbonyl (C=O) groups is 1. The summed E-state index contributed by atoms with van der Waals surface area (Å²) in [5.41, 5.74) is 2.02. The summed E-state index contributed by atoms with van der Waals surface area (Å²) in [4.78, 5) is 13.6. The SMILES string of the molecule is CN(c1cnnc2ccccc12)C1CCC(=O)CC1. The van der Waals surface area contributed by atoms with Crippen LogP contribution in [0.15, 0.2) is 30.5 Å². The molecule has 0 unspecified atom stereocenters. The predicted molar refractivity (Wildman–Crippen MR) is 75.2 cm³/mol. The Bertz CT molecular complexity index is 596. The molecule has 1 saturated carbocycles. The second-order valence-electron chi connectivity index (χ2n) is 5.13. The minimum absolute atomic E-state index is 0.391. The lowest BCUT2D eigenvalue weighted by molar-refractivity contribution is -0.120. The Morgan fingerprint density at radius 2 is 1.95 bits per heavy atom. The van der Waals surface area contributed by atoms with Gasteiger partial charge in [0.15, 0.2) is 0 Å². The molecule has 4 nitrogen and oxygen atoms in total. The molecule has 1 aliphatic carbocycles. The zero-order valence-corrected chi connectivity index (χ0v) is 11.0. The number of benzene rings is 1. The maximum atomic E-state index is 11.3. The van der Waals surface area contributed by atoms with Crippen molar-refractivity contribution in [3.63, 3.8) is 0 Å². The number of fused-ring (bicyclic) bond motifs is 1. The molecular formula is C15H17N3O. The van der Waals surface area contributed by atoms with E-state index in [1.165, 1.54) is 0 Å². The van der Waals surface area contributed by atoms with Gasteiger partial charge in [-0.25, -0.2) is 0 Å². The minimum atomic E-state index is 0.391. The van der Waals surface area contributed by atoms with E-state index < -0.39 is 0 Å². The Hall–Kier alpha value is -1.97. The fraction of sp³-hybridized carbons (Fsp3) is 0.400. The van der Waals surface area contributed by atoms with Crippen molar-refractivity contribution in [2.45, 2.75) is 31.7 Å². The van der Waals surface area contributed by atoms with Crippen LogP contribution >= 0.6 is 0 Å². The largest absolute Gasteiger partial charge is 0.370 e. The summed E-state index contributed by atoms with van der Waals surface area (Å²) < 4.78 is 0. The van der Waals surface area contributed by atoms with Crippen LogP contribution in [0, 0.1) is 0 Å². The first-order valence-corrected chi connectivity index (χ1v) is 6.70. The van der Waals surface area contributed by atoms with Gasteiger partial charge < -0.3 is 4.90 Å². The monoisotopic (exact) mass is 255 g/mol. The van der Waals surface area contributed by atoms with E-state index in [0.29, 0.717) is 24.7 Å². The first-order valence-electron chi connectivity index (χ1n) is 6.70. The molecular weight excluding hydrogens is 238 g/mol. The molecule has 0 radical (unpaired) electrons. The molecule has 0 spiro atoms. The molecule has 1 aromatic carbocycles. The molecule has 0 N–H and O–H groups in total. The molecule has 3 rings (SSSR count). The highest BCUT2D eigenvalue weighted by Crippen LogP contribution is 2.29. The van der Waals surface area contributed by atoms with Crippen LogP contribution in [0.1, 0.15) is 25.7 Å². The summed E-state index contributed by atoms with van der Waals surface area (Å²) in [6, 6.07) is 8.46. The summed E-state index contributed by atoms with van der Waals surface area (Å²) in [5, 5.41) is 9.36. The van der Waals surface area contributed by atoms with Gasteiger partial charge in [-0.2, -0.15) is 10.2 Å². The Balaban J connectivity index is 1.93. The van der Waals surface area contributed by atoms with Crippen LogP contribution < -0.4 is 4.90 Å². The summed E-state index contributed by atoms with van der Waals surface area (Å²) in [7, 11) is 2.09. The summed E-state index contributed by atoms with van der Waals surface area (Å²) >= 11 is 0. The molecule has 1 aliphatic rings. The second kappa shape index (κ2) is 4.96. The normalized spacial score (nSPS) is 16.8. The van der Waals surface area contributed by atoms with Crippen molar-refractivity contribution in [2.75, 3.05) is 11.9 Å². The topological polar surface area (TPSA) is 46.1 Å². The molecule has 1 fully saturated rings. The van der Waals surface area contributed by atoms with Crippen molar-refractivity contribution in [1.29, 1.82) is 0 Å². The zero-order valence-electron chi connectivity index (χ0n) is 11.0. The third-order valence-corrected chi connectivity index (χ3v) is 3.97. The fourth-order valence-electron chi connectivity index (χ4n) is 2.78. The van der Waals surface area contributed by atoms with Gasteiger partial charge in [0.2, 0.25) is 0 Å². The van der Waals surface area contributed by atoms with Gasteiger partial charge in [0, 0.05) is 31.3 Å². The molecule has 0 aliphatic heterocycles. The van der Waals surface area contributed by atoms with Gasteiger partial charge in [-0.3, -0.25) is 4.79 Å². The first-order chi connectivity index (χ1) is 9.25. The summed E-state index contributed by atoms with van der Waals surface area (Å²) in [6.07, 6.45) is 5.09. The van der Waals surface area contributed by atoms with Gasteiger partial charge in [0.1, 0.15) is 5.78 Å². The third-order valence-electron chi connectivity index (χ3n) is 3.97. The molecule has 1 heterocycles. The predicted octanol–water partition coefficient (Wildman–Crippen LogP) is 2.58. The number of carbonyl (C=O) groups excluding carboxylic acids is 1. The van der Waals surface area contributed by atoms with Gasteiger partial charge >= 0.3 is 0 Å². The van der Waals surface area contributed by atoms with Crippen LogP contribution in [0.3, 0.4) is 0 Å². The lowest BCUT2D eigenvalue weighted by Crippen LogP contribution is -2.35. The van der Waals surface area contributed by atoms with Crippen LogP contribution in [-0.2, 0) is 4.79 Å². The van der Waals surface area contributed by atoms with Crippen LogP contribution in [0.25, 0.3) is 10.9 Å². The lowest BCUT2D eigenvalue weighted by Gasteiger charge is -2.32. The Labute approximate surface area is 112 Å². The van der Waals surface area contributed by atoms with E-state index in [4.69, 9.17) is 0 Å². The van der Waals surface area contributed by atoms with Crippen molar-refractivity contribution in [2.24, 2.45) is 0 Å². The van der Waals surface area contributed by atoms with Crippen LogP contribution in [0.2, 0.25) is 0 Å². The van der Waals surface area contributed by atoms with E-state index in [0.717, 1.165) is 29.4 Å². The van der Waals surface area contributed by atoms with E-state index in [1.54, 1.807) is 0 Å². The lowest BCUT2D eigenvalue weighted by atomic mass is 9.93. The minimum Gasteiger partial charge on any atom is -0.370 e. The molecule has 0 saturated heterocycles. The van der Waals surface area contributed by atoms with E-state index in [2.05, 4.69) is 28.2 Å². The van der Waals surface area contributed by atoms with Crippen molar-refractivity contribution in [1.82, 2.24) is 10.2 Å². The second-order valence-corrected chi connectivity index (χ2v) is 5.13. The number of Topliss-reactive ketones (excluding diaryl/α,β-unsaturated/α-hetero) is 1. The molecule has 4 heteroatoms. The standard InChI is InChI=1S/C15H17N3O/c1-18(11-6-8-12(19)9-7-11)15-10-16-17-14-5-3-2-4-13(14)15/h2-5,10-11H,6-9H2,1H3. The Kier molecular flexibility index (Phi) is 3.15. The number of hydrogen-bond donors (Lipinski definition) is 0. The molecule has 98 valence electrons. The quantitative estimate of drug-likeness (QED) is 0.827. The summed E-state index contributed by atoms with van der Waals surface area (Å²) in [5.74, 6) is 0.391. The number of aromatic nitrogens is 2. The maximum Gasteiger partial charge on any atom is 0.133 e. The van der Waals surface area contributed by atoms with Crippen molar-refractivity contribution in [3.8, 4) is 0 Å². The van der Waals surface area contributed by atoms with Gasteiger partial charge in [-0.1, -0.05) is 18.2 Å². The van der Waals surface area contributed by atoms with E-state index >= 15 is 0 Å². The number of hydrogen-bond acceptors (Lipinski definition) is 4. The zero-order chi connectivity index (χ0) is 13.2. The molecule has 19 heavy (non-hydrogen) atoms. The molecule has 0 atom stereocenters. The fourth-order valence-corrected chi connectivity index (χ4v) is 2.78. The first kappa shape index (κ1) is 12.1. The highest BCUT2D eigenvalue weighted by atomic mass is 16.1. The van der Waals surface area contributed by atoms with Crippen molar-refractivity contribution >= 4 is 22.4 Å². The number of rotatable bonds is 2. The number of anilines is 1. The summed E-state index contributed by atoms with van der Waals surface area (Å²) in [6.45, 7) is 0. The smallest absolute Gasteiger partial charge is 0.133 e. The van der Waals surface area contributed by atoms with Crippen molar-refractivity contribution in [3.05, 3.63) is 30.5 Å². The van der Waals surface area contributed by atoms with E-state index in [-0.39, 0.29) is 0 Å². The maximum absolute atomic E-state index is 11.3. The van der Waals surface area contributed by atoms with Gasteiger partial charge in [0.25, 0.3) is 0 Å². The number of nitrogens with zero attached hydrogens (tertiary/aromatic N) is 3. The van der Waals surface area contributed by atoms with Crippen molar-refractivity contribution < 1.29 is 4.79 Å². The third kappa shape index (κ3) is 2.30. The Morgan fingerprint density at radius 1 is 1.21 bits per heavy atom. The van der Waals surface area contributed by atoms with E-state index in [1.807, 2.05) is 24.4 Å². The van der Waals surface area contributed by atoms with Crippen LogP contribution in [-0.4, -0.2) is 29.1 Å². The molecule has 0 amide bonds. The average molecular weight is 255 g/mol. The van der Waals surface area contributed by atoms with Gasteiger partial charge in [-0.15, -0.1) is 0 Å². The average Bonchev–Trinajstić information content (AvgIpc) is 2.47. The van der Waals surface area contributed by atoms with Gasteiger partial charge in [-0.05, 0) is 18.9 Å². The van der Waals surface area contributed by atoms with Gasteiger partial charge in [0.05, 0.1) is 17.4 Å².